The number of carbonyl (C=O) groups excluding carboxylic acids is 1. The van der Waals surface area contributed by atoms with Gasteiger partial charge in [-0.1, -0.05) is 22.0 Å². The van der Waals surface area contributed by atoms with Crippen molar-refractivity contribution in [3.8, 4) is 0 Å². The standard InChI is InChI=1S/C14H17BrN2O3/c1-9-11(15)3-2-4-12(9)16-14(20)17-6-5-10(8-17)7-13(18)19/h2-4,10H,5-8H2,1H3,(H,16,20)(H,18,19). The number of anilines is 1. The highest BCUT2D eigenvalue weighted by molar-refractivity contribution is 9.10. The van der Waals surface area contributed by atoms with Crippen LogP contribution in [-0.2, 0) is 4.79 Å². The van der Waals surface area contributed by atoms with Crippen molar-refractivity contribution in [2.75, 3.05) is 18.4 Å². The van der Waals surface area contributed by atoms with E-state index >= 15 is 0 Å². The van der Waals surface area contributed by atoms with Crippen LogP contribution >= 0.6 is 15.9 Å². The van der Waals surface area contributed by atoms with Gasteiger partial charge >= 0.3 is 12.0 Å². The van der Waals surface area contributed by atoms with Gasteiger partial charge in [-0.15, -0.1) is 0 Å². The first kappa shape index (κ1) is 14.8. The second-order valence-electron chi connectivity index (χ2n) is 5.04. The topological polar surface area (TPSA) is 69.6 Å². The van der Waals surface area contributed by atoms with Crippen LogP contribution in [0.4, 0.5) is 10.5 Å². The molecule has 1 heterocycles. The number of amides is 2. The summed E-state index contributed by atoms with van der Waals surface area (Å²) < 4.78 is 0.945. The van der Waals surface area contributed by atoms with E-state index in [1.165, 1.54) is 0 Å². The maximum absolute atomic E-state index is 12.2. The second kappa shape index (κ2) is 6.26. The number of benzene rings is 1. The summed E-state index contributed by atoms with van der Waals surface area (Å²) in [5, 5.41) is 11.7. The van der Waals surface area contributed by atoms with Gasteiger partial charge in [0.15, 0.2) is 0 Å². The van der Waals surface area contributed by atoms with Crippen molar-refractivity contribution in [2.24, 2.45) is 5.92 Å². The lowest BCUT2D eigenvalue weighted by Crippen LogP contribution is -2.33. The number of carboxylic acids is 1. The van der Waals surface area contributed by atoms with Crippen LogP contribution in [0.15, 0.2) is 22.7 Å². The number of hydrogen-bond donors (Lipinski definition) is 2. The molecular formula is C14H17BrN2O3. The number of likely N-dealkylation sites (tertiary alicyclic amines) is 1. The monoisotopic (exact) mass is 340 g/mol. The zero-order valence-electron chi connectivity index (χ0n) is 11.2. The number of carbonyl (C=O) groups is 2. The van der Waals surface area contributed by atoms with Crippen molar-refractivity contribution in [1.82, 2.24) is 4.90 Å². The summed E-state index contributed by atoms with van der Waals surface area (Å²) in [5.41, 5.74) is 1.74. The molecule has 1 aromatic carbocycles. The van der Waals surface area contributed by atoms with Crippen molar-refractivity contribution in [2.45, 2.75) is 19.8 Å². The van der Waals surface area contributed by atoms with Crippen LogP contribution in [0.25, 0.3) is 0 Å². The Morgan fingerprint density at radius 3 is 2.95 bits per heavy atom. The summed E-state index contributed by atoms with van der Waals surface area (Å²) in [4.78, 5) is 24.5. The molecule has 0 spiro atoms. The van der Waals surface area contributed by atoms with Gasteiger partial charge in [0.05, 0.1) is 0 Å². The molecule has 1 fully saturated rings. The van der Waals surface area contributed by atoms with Crippen molar-refractivity contribution in [3.63, 3.8) is 0 Å². The molecule has 0 bridgehead atoms. The fourth-order valence-electron chi connectivity index (χ4n) is 2.37. The van der Waals surface area contributed by atoms with Crippen LogP contribution in [0.3, 0.4) is 0 Å². The molecule has 1 atom stereocenters. The average molecular weight is 341 g/mol. The molecule has 0 saturated carbocycles. The highest BCUT2D eigenvalue weighted by Crippen LogP contribution is 2.25. The molecule has 2 rings (SSSR count). The highest BCUT2D eigenvalue weighted by Gasteiger charge is 2.27. The van der Waals surface area contributed by atoms with E-state index < -0.39 is 5.97 Å². The van der Waals surface area contributed by atoms with Crippen molar-refractivity contribution in [1.29, 1.82) is 0 Å². The van der Waals surface area contributed by atoms with E-state index in [0.717, 1.165) is 22.1 Å². The van der Waals surface area contributed by atoms with Crippen molar-refractivity contribution in [3.05, 3.63) is 28.2 Å². The molecule has 20 heavy (non-hydrogen) atoms. The molecule has 0 radical (unpaired) electrons. The first-order chi connectivity index (χ1) is 9.47. The Morgan fingerprint density at radius 2 is 2.25 bits per heavy atom. The smallest absolute Gasteiger partial charge is 0.321 e. The summed E-state index contributed by atoms with van der Waals surface area (Å²) in [6.45, 7) is 3.04. The molecule has 0 aliphatic carbocycles. The third kappa shape index (κ3) is 3.50. The number of aliphatic carboxylic acids is 1. The molecular weight excluding hydrogens is 324 g/mol. The van der Waals surface area contributed by atoms with Gasteiger partial charge in [0, 0.05) is 29.7 Å². The zero-order valence-corrected chi connectivity index (χ0v) is 12.8. The second-order valence-corrected chi connectivity index (χ2v) is 5.90. The SMILES string of the molecule is Cc1c(Br)cccc1NC(=O)N1CCC(CC(=O)O)C1. The van der Waals surface area contributed by atoms with E-state index in [9.17, 15) is 9.59 Å². The Bertz CT molecular complexity index is 533. The number of nitrogens with one attached hydrogen (secondary N) is 1. The summed E-state index contributed by atoms with van der Waals surface area (Å²) in [6.07, 6.45) is 0.872. The number of nitrogens with zero attached hydrogens (tertiary/aromatic N) is 1. The number of urea groups is 1. The molecule has 1 aromatic rings. The fourth-order valence-corrected chi connectivity index (χ4v) is 2.73. The predicted octanol–water partition coefficient (Wildman–Crippen LogP) is 3.09. The maximum atomic E-state index is 12.2. The van der Waals surface area contributed by atoms with Crippen LogP contribution in [-0.4, -0.2) is 35.1 Å². The van der Waals surface area contributed by atoms with Crippen LogP contribution in [0, 0.1) is 12.8 Å². The molecule has 2 amide bonds. The lowest BCUT2D eigenvalue weighted by Gasteiger charge is -2.18. The molecule has 1 aliphatic rings. The lowest BCUT2D eigenvalue weighted by molar-refractivity contribution is -0.138. The number of halogens is 1. The van der Waals surface area contributed by atoms with E-state index in [-0.39, 0.29) is 18.4 Å². The zero-order chi connectivity index (χ0) is 14.7. The average Bonchev–Trinajstić information content (AvgIpc) is 2.82. The molecule has 5 nitrogen and oxygen atoms in total. The molecule has 108 valence electrons. The highest BCUT2D eigenvalue weighted by atomic mass is 79.9. The Labute approximate surface area is 126 Å². The maximum Gasteiger partial charge on any atom is 0.321 e. The fraction of sp³-hybridized carbons (Fsp3) is 0.429. The van der Waals surface area contributed by atoms with E-state index in [2.05, 4.69) is 21.2 Å². The molecule has 0 aromatic heterocycles. The Kier molecular flexibility index (Phi) is 4.65. The summed E-state index contributed by atoms with van der Waals surface area (Å²) in [7, 11) is 0. The molecule has 6 heteroatoms. The largest absolute Gasteiger partial charge is 0.481 e. The normalized spacial score (nSPS) is 18.1. The van der Waals surface area contributed by atoms with Crippen LogP contribution in [0.5, 0.6) is 0 Å². The van der Waals surface area contributed by atoms with Gasteiger partial charge in [0.25, 0.3) is 0 Å². The van der Waals surface area contributed by atoms with E-state index in [0.29, 0.717) is 13.1 Å². The number of hydrogen-bond acceptors (Lipinski definition) is 2. The van der Waals surface area contributed by atoms with E-state index in [4.69, 9.17) is 5.11 Å². The molecule has 2 N–H and O–H groups in total. The first-order valence-corrected chi connectivity index (χ1v) is 7.29. The van der Waals surface area contributed by atoms with Crippen molar-refractivity contribution >= 4 is 33.6 Å². The van der Waals surface area contributed by atoms with Crippen molar-refractivity contribution < 1.29 is 14.7 Å². The molecule has 1 saturated heterocycles. The van der Waals surface area contributed by atoms with Crippen LogP contribution < -0.4 is 5.32 Å². The van der Waals surface area contributed by atoms with Crippen LogP contribution in [0.1, 0.15) is 18.4 Å². The third-order valence-corrected chi connectivity index (χ3v) is 4.40. The van der Waals surface area contributed by atoms with Gasteiger partial charge in [0.1, 0.15) is 0 Å². The minimum absolute atomic E-state index is 0.0573. The first-order valence-electron chi connectivity index (χ1n) is 6.50. The van der Waals surface area contributed by atoms with Gasteiger partial charge in [-0.25, -0.2) is 4.79 Å². The lowest BCUT2D eigenvalue weighted by atomic mass is 10.1. The predicted molar refractivity (Wildman–Crippen MR) is 79.8 cm³/mol. The number of carboxylic acid groups (broad SMARTS) is 1. The van der Waals surface area contributed by atoms with Gasteiger partial charge in [-0.05, 0) is 37.0 Å². The van der Waals surface area contributed by atoms with E-state index in [1.807, 2.05) is 25.1 Å². The van der Waals surface area contributed by atoms with Gasteiger partial charge in [-0.2, -0.15) is 0 Å². The quantitative estimate of drug-likeness (QED) is 0.888. The van der Waals surface area contributed by atoms with Gasteiger partial charge in [-0.3, -0.25) is 4.79 Å². The third-order valence-electron chi connectivity index (χ3n) is 3.55. The van der Waals surface area contributed by atoms with E-state index in [1.54, 1.807) is 4.90 Å². The minimum Gasteiger partial charge on any atom is -0.481 e. The Balaban J connectivity index is 1.96. The number of rotatable bonds is 3. The minimum atomic E-state index is -0.805. The molecule has 1 aliphatic heterocycles. The summed E-state index contributed by atoms with van der Waals surface area (Å²) in [5.74, 6) is -0.748. The van der Waals surface area contributed by atoms with Gasteiger partial charge < -0.3 is 15.3 Å². The Morgan fingerprint density at radius 1 is 1.50 bits per heavy atom. The van der Waals surface area contributed by atoms with Crippen LogP contribution in [0.2, 0.25) is 0 Å². The Hall–Kier alpha value is -1.56. The summed E-state index contributed by atoms with van der Waals surface area (Å²) >= 11 is 3.43. The van der Waals surface area contributed by atoms with Gasteiger partial charge in [0.2, 0.25) is 0 Å². The molecule has 1 unspecified atom stereocenters. The summed E-state index contributed by atoms with van der Waals surface area (Å²) in [6, 6.07) is 5.47.